The molecule has 3 rings (SSSR count). The molecule has 1 fully saturated rings. The van der Waals surface area contributed by atoms with Crippen molar-refractivity contribution in [1.29, 1.82) is 0 Å². The molecule has 2 aromatic rings. The van der Waals surface area contributed by atoms with E-state index in [1.807, 2.05) is 38.5 Å². The van der Waals surface area contributed by atoms with Crippen LogP contribution in [-0.2, 0) is 0 Å². The van der Waals surface area contributed by atoms with Crippen molar-refractivity contribution in [1.82, 2.24) is 14.9 Å². The van der Waals surface area contributed by atoms with E-state index in [1.165, 1.54) is 12.1 Å². The van der Waals surface area contributed by atoms with Gasteiger partial charge in [-0.25, -0.2) is 4.98 Å². The molecule has 1 saturated heterocycles. The smallest absolute Gasteiger partial charge is 0.119 e. The van der Waals surface area contributed by atoms with Crippen molar-refractivity contribution in [3.8, 4) is 11.4 Å². The first-order valence-corrected chi connectivity index (χ1v) is 7.24. The molecule has 1 aliphatic rings. The third-order valence-corrected chi connectivity index (χ3v) is 3.63. The molecule has 0 saturated carbocycles. The van der Waals surface area contributed by atoms with Gasteiger partial charge in [0.1, 0.15) is 5.75 Å². The highest BCUT2D eigenvalue weighted by Crippen LogP contribution is 2.25. The Labute approximate surface area is 119 Å². The number of hydrogen-bond acceptors (Lipinski definition) is 3. The van der Waals surface area contributed by atoms with Gasteiger partial charge in [0, 0.05) is 30.0 Å². The van der Waals surface area contributed by atoms with E-state index in [2.05, 4.69) is 27.0 Å². The lowest BCUT2D eigenvalue weighted by Gasteiger charge is -2.14. The van der Waals surface area contributed by atoms with Crippen molar-refractivity contribution in [3.63, 3.8) is 0 Å². The van der Waals surface area contributed by atoms with Gasteiger partial charge in [-0.2, -0.15) is 0 Å². The Kier molecular flexibility index (Phi) is 3.74. The van der Waals surface area contributed by atoms with Gasteiger partial charge in [-0.05, 0) is 51.1 Å². The second-order valence-electron chi connectivity index (χ2n) is 5.54. The lowest BCUT2D eigenvalue weighted by atomic mass is 10.1. The van der Waals surface area contributed by atoms with Gasteiger partial charge in [0.15, 0.2) is 0 Å². The highest BCUT2D eigenvalue weighted by Gasteiger charge is 2.20. The fraction of sp³-hybridized carbons (Fsp3) is 0.438. The molecule has 1 unspecified atom stereocenters. The average Bonchev–Trinajstić information content (AvgIpc) is 3.09. The minimum Gasteiger partial charge on any atom is -0.491 e. The molecule has 106 valence electrons. The first kappa shape index (κ1) is 13.2. The molecule has 1 aliphatic heterocycles. The largest absolute Gasteiger partial charge is 0.491 e. The summed E-state index contributed by atoms with van der Waals surface area (Å²) in [6.07, 6.45) is 5.26. The molecule has 2 heterocycles. The summed E-state index contributed by atoms with van der Waals surface area (Å²) in [7, 11) is 0. The van der Waals surface area contributed by atoms with E-state index in [0.29, 0.717) is 5.92 Å². The standard InChI is InChI=1S/C16H21N3O/c1-12(2)20-15-5-3-14(4-6-15)19-11-18-10-16(19)13-7-8-17-9-13/h3-6,10-13,17H,7-9H2,1-2H3. The van der Waals surface area contributed by atoms with E-state index in [-0.39, 0.29) is 6.10 Å². The van der Waals surface area contributed by atoms with Crippen LogP contribution in [-0.4, -0.2) is 28.7 Å². The van der Waals surface area contributed by atoms with E-state index in [9.17, 15) is 0 Å². The molecule has 1 aromatic carbocycles. The van der Waals surface area contributed by atoms with E-state index in [1.54, 1.807) is 0 Å². The fourth-order valence-electron chi connectivity index (χ4n) is 2.69. The molecule has 0 aliphatic carbocycles. The van der Waals surface area contributed by atoms with Crippen LogP contribution in [0.25, 0.3) is 5.69 Å². The van der Waals surface area contributed by atoms with Crippen molar-refractivity contribution < 1.29 is 4.74 Å². The lowest BCUT2D eigenvalue weighted by Crippen LogP contribution is -2.10. The number of hydrogen-bond donors (Lipinski definition) is 1. The molecular formula is C16H21N3O. The number of ether oxygens (including phenoxy) is 1. The van der Waals surface area contributed by atoms with Gasteiger partial charge in [-0.3, -0.25) is 0 Å². The van der Waals surface area contributed by atoms with Crippen molar-refractivity contribution >= 4 is 0 Å². The number of imidazole rings is 1. The summed E-state index contributed by atoms with van der Waals surface area (Å²) in [5.74, 6) is 1.47. The highest BCUT2D eigenvalue weighted by atomic mass is 16.5. The molecule has 1 N–H and O–H groups in total. The zero-order valence-electron chi connectivity index (χ0n) is 12.0. The normalized spacial score (nSPS) is 18.6. The van der Waals surface area contributed by atoms with Gasteiger partial charge in [0.2, 0.25) is 0 Å². The number of nitrogens with zero attached hydrogens (tertiary/aromatic N) is 2. The van der Waals surface area contributed by atoms with Gasteiger partial charge >= 0.3 is 0 Å². The zero-order valence-corrected chi connectivity index (χ0v) is 12.0. The SMILES string of the molecule is CC(C)Oc1ccc(-n2cncc2C2CCNC2)cc1. The zero-order chi connectivity index (χ0) is 13.9. The Balaban J connectivity index is 1.84. The van der Waals surface area contributed by atoms with Crippen LogP contribution >= 0.6 is 0 Å². The maximum Gasteiger partial charge on any atom is 0.119 e. The number of benzene rings is 1. The quantitative estimate of drug-likeness (QED) is 0.929. The van der Waals surface area contributed by atoms with Crippen molar-refractivity contribution in [2.24, 2.45) is 0 Å². The van der Waals surface area contributed by atoms with E-state index >= 15 is 0 Å². The van der Waals surface area contributed by atoms with Gasteiger partial charge in [0.05, 0.1) is 12.4 Å². The Morgan fingerprint density at radius 2 is 2.10 bits per heavy atom. The van der Waals surface area contributed by atoms with Crippen LogP contribution in [0.4, 0.5) is 0 Å². The third kappa shape index (κ3) is 2.70. The first-order valence-electron chi connectivity index (χ1n) is 7.24. The maximum absolute atomic E-state index is 5.68. The lowest BCUT2D eigenvalue weighted by molar-refractivity contribution is 0.242. The summed E-state index contributed by atoms with van der Waals surface area (Å²) in [4.78, 5) is 4.32. The summed E-state index contributed by atoms with van der Waals surface area (Å²) in [6.45, 7) is 6.21. The third-order valence-electron chi connectivity index (χ3n) is 3.63. The molecule has 4 heteroatoms. The summed E-state index contributed by atoms with van der Waals surface area (Å²) in [6, 6.07) is 8.22. The summed E-state index contributed by atoms with van der Waals surface area (Å²) in [5, 5.41) is 3.41. The molecule has 4 nitrogen and oxygen atoms in total. The number of aromatic nitrogens is 2. The Bertz CT molecular complexity index is 553. The molecule has 0 bridgehead atoms. The summed E-state index contributed by atoms with van der Waals surface area (Å²) in [5.41, 5.74) is 2.42. The monoisotopic (exact) mass is 271 g/mol. The predicted molar refractivity (Wildman–Crippen MR) is 79.6 cm³/mol. The highest BCUT2D eigenvalue weighted by molar-refractivity contribution is 5.39. The molecular weight excluding hydrogens is 250 g/mol. The summed E-state index contributed by atoms with van der Waals surface area (Å²) >= 11 is 0. The average molecular weight is 271 g/mol. The van der Waals surface area contributed by atoms with Gasteiger partial charge in [0.25, 0.3) is 0 Å². The minimum absolute atomic E-state index is 0.203. The molecule has 1 aromatic heterocycles. The van der Waals surface area contributed by atoms with E-state index in [4.69, 9.17) is 4.74 Å². The van der Waals surface area contributed by atoms with Crippen LogP contribution in [0.3, 0.4) is 0 Å². The van der Waals surface area contributed by atoms with Crippen LogP contribution in [0, 0.1) is 0 Å². The van der Waals surface area contributed by atoms with Crippen LogP contribution in [0.1, 0.15) is 31.9 Å². The Morgan fingerprint density at radius 3 is 2.75 bits per heavy atom. The molecule has 0 spiro atoms. The predicted octanol–water partition coefficient (Wildman–Crippen LogP) is 2.74. The molecule has 1 atom stereocenters. The van der Waals surface area contributed by atoms with Crippen LogP contribution in [0.5, 0.6) is 5.75 Å². The fourth-order valence-corrected chi connectivity index (χ4v) is 2.69. The minimum atomic E-state index is 0.203. The van der Waals surface area contributed by atoms with Gasteiger partial charge in [-0.1, -0.05) is 0 Å². The van der Waals surface area contributed by atoms with Crippen LogP contribution in [0.15, 0.2) is 36.8 Å². The van der Waals surface area contributed by atoms with Crippen LogP contribution < -0.4 is 10.1 Å². The van der Waals surface area contributed by atoms with Crippen molar-refractivity contribution in [3.05, 3.63) is 42.5 Å². The Hall–Kier alpha value is -1.81. The molecule has 0 amide bonds. The first-order chi connectivity index (χ1) is 9.74. The maximum atomic E-state index is 5.68. The number of rotatable bonds is 4. The molecule has 0 radical (unpaired) electrons. The van der Waals surface area contributed by atoms with Crippen LogP contribution in [0.2, 0.25) is 0 Å². The topological polar surface area (TPSA) is 39.1 Å². The second-order valence-corrected chi connectivity index (χ2v) is 5.54. The van der Waals surface area contributed by atoms with Gasteiger partial charge in [-0.15, -0.1) is 0 Å². The number of nitrogens with one attached hydrogen (secondary N) is 1. The van der Waals surface area contributed by atoms with E-state index in [0.717, 1.165) is 24.5 Å². The Morgan fingerprint density at radius 1 is 1.30 bits per heavy atom. The van der Waals surface area contributed by atoms with Crippen molar-refractivity contribution in [2.45, 2.75) is 32.3 Å². The van der Waals surface area contributed by atoms with E-state index < -0.39 is 0 Å². The van der Waals surface area contributed by atoms with Gasteiger partial charge < -0.3 is 14.6 Å². The molecule has 20 heavy (non-hydrogen) atoms. The van der Waals surface area contributed by atoms with Crippen molar-refractivity contribution in [2.75, 3.05) is 13.1 Å². The summed E-state index contributed by atoms with van der Waals surface area (Å²) < 4.78 is 7.86. The second kappa shape index (κ2) is 5.67.